The Morgan fingerprint density at radius 3 is 1.12 bits per heavy atom. The summed E-state index contributed by atoms with van der Waals surface area (Å²) in [4.78, 5) is 13.4. The molecule has 2 fully saturated rings. The van der Waals surface area contributed by atoms with E-state index in [1.165, 1.54) is 167 Å². The Hall–Kier alpha value is -3.09. The van der Waals surface area contributed by atoms with E-state index in [2.05, 4.69) is 116 Å². The number of aliphatic hydroxyl groups is 8. The summed E-state index contributed by atoms with van der Waals surface area (Å²) in [6.07, 6.45) is 74.3. The van der Waals surface area contributed by atoms with Crippen molar-refractivity contribution in [3.63, 3.8) is 0 Å². The molecule has 2 rings (SSSR count). The second-order valence-electron chi connectivity index (χ2n) is 27.1. The molecule has 550 valence electrons. The van der Waals surface area contributed by atoms with Crippen LogP contribution in [0.3, 0.4) is 0 Å². The van der Waals surface area contributed by atoms with Crippen LogP contribution in [-0.4, -0.2) is 140 Å². The molecule has 2 aliphatic rings. The standard InChI is InChI=1S/C81H143NO13/c1-3-5-7-9-11-13-15-17-19-21-23-25-27-29-31-33-35-37-39-41-43-45-47-49-51-53-55-57-59-61-63-65-73(86)82-69(68-92-80-78(91)76(89)79(72(67-84)94-80)95-81-77(90)75(88)74(87)71(66-83)93-81)70(85)64-62-60-58-56-54-52-50-48-46-44-42-40-38-36-34-32-30-28-26-24-22-20-18-16-14-12-10-8-6-4-2/h5,7,11,13,17,19,23,25,29,31,35,37,41,43,47,49,69-72,74-81,83-85,87-91H,3-4,6,8-10,12,14-16,18,20-22,24,26-28,30,32-34,36,38-40,42,44-46,48,50-68H2,1-2H3,(H,82,86)/b7-5-,13-11-,19-17-,25-23-,31-29-,37-35-,43-41-,49-47-. The molecule has 2 saturated heterocycles. The predicted molar refractivity (Wildman–Crippen MR) is 392 cm³/mol. The number of nitrogens with one attached hydrogen (secondary N) is 1. The van der Waals surface area contributed by atoms with Gasteiger partial charge in [-0.2, -0.15) is 0 Å². The second-order valence-corrected chi connectivity index (χ2v) is 27.1. The van der Waals surface area contributed by atoms with Crippen LogP contribution in [0.2, 0.25) is 0 Å². The molecule has 0 bridgehead atoms. The molecule has 0 spiro atoms. The fourth-order valence-electron chi connectivity index (χ4n) is 12.4. The number of hydrogen-bond donors (Lipinski definition) is 9. The van der Waals surface area contributed by atoms with Crippen molar-refractivity contribution in [1.82, 2.24) is 5.32 Å². The average Bonchev–Trinajstić information content (AvgIpc) is 0.801. The van der Waals surface area contributed by atoms with Gasteiger partial charge in [0.2, 0.25) is 5.91 Å². The Morgan fingerprint density at radius 1 is 0.389 bits per heavy atom. The molecule has 14 heteroatoms. The lowest BCUT2D eigenvalue weighted by atomic mass is 9.97. The topological polar surface area (TPSA) is 228 Å². The zero-order chi connectivity index (χ0) is 68.7. The fourth-order valence-corrected chi connectivity index (χ4v) is 12.4. The number of hydrogen-bond acceptors (Lipinski definition) is 13. The van der Waals surface area contributed by atoms with E-state index in [-0.39, 0.29) is 18.9 Å². The van der Waals surface area contributed by atoms with Gasteiger partial charge in [-0.05, 0) is 77.0 Å². The van der Waals surface area contributed by atoms with Crippen LogP contribution < -0.4 is 5.32 Å². The number of aliphatic hydroxyl groups excluding tert-OH is 8. The van der Waals surface area contributed by atoms with Crippen LogP contribution in [0.5, 0.6) is 0 Å². The Labute approximate surface area is 579 Å². The molecule has 95 heavy (non-hydrogen) atoms. The highest BCUT2D eigenvalue weighted by molar-refractivity contribution is 5.76. The number of rotatable bonds is 64. The van der Waals surface area contributed by atoms with Crippen molar-refractivity contribution in [3.05, 3.63) is 97.2 Å². The van der Waals surface area contributed by atoms with E-state index < -0.39 is 86.8 Å². The number of carbonyl (C=O) groups excluding carboxylic acids is 1. The maximum atomic E-state index is 13.4. The Balaban J connectivity index is 1.65. The SMILES string of the molecule is CC/C=C\C/C=C\C/C=C\C/C=C\C/C=C\C/C=C\C/C=C\C/C=C\CCCCCCCCC(=O)NC(COC1OC(CO)C(OC2OC(CO)C(O)C(O)C2O)C(O)C1O)C(O)CCCCCCCCCCCCCCCCCCCCCCCCCCCCCCCC. The van der Waals surface area contributed by atoms with Gasteiger partial charge in [0.25, 0.3) is 0 Å². The zero-order valence-corrected chi connectivity index (χ0v) is 60.1. The molecule has 0 radical (unpaired) electrons. The van der Waals surface area contributed by atoms with Crippen molar-refractivity contribution in [3.8, 4) is 0 Å². The smallest absolute Gasteiger partial charge is 0.220 e. The van der Waals surface area contributed by atoms with E-state index in [0.717, 1.165) is 116 Å². The summed E-state index contributed by atoms with van der Waals surface area (Å²) >= 11 is 0. The van der Waals surface area contributed by atoms with Gasteiger partial charge in [-0.1, -0.05) is 329 Å². The minimum Gasteiger partial charge on any atom is -0.394 e. The predicted octanol–water partition coefficient (Wildman–Crippen LogP) is 17.3. The second kappa shape index (κ2) is 64.3. The molecule has 0 aromatic rings. The highest BCUT2D eigenvalue weighted by Crippen LogP contribution is 2.30. The van der Waals surface area contributed by atoms with E-state index in [0.29, 0.717) is 12.8 Å². The first kappa shape index (κ1) is 88.0. The lowest BCUT2D eigenvalue weighted by molar-refractivity contribution is -0.359. The Morgan fingerprint density at radius 2 is 0.726 bits per heavy atom. The number of carbonyl (C=O) groups is 1. The molecule has 0 aromatic heterocycles. The van der Waals surface area contributed by atoms with Crippen molar-refractivity contribution in [2.24, 2.45) is 0 Å². The van der Waals surface area contributed by atoms with Crippen LogP contribution in [0.15, 0.2) is 97.2 Å². The highest BCUT2D eigenvalue weighted by Gasteiger charge is 2.51. The molecule has 1 amide bonds. The summed E-state index contributed by atoms with van der Waals surface area (Å²) in [5.41, 5.74) is 0. The molecule has 12 unspecified atom stereocenters. The molecular weight excluding hydrogens is 1190 g/mol. The van der Waals surface area contributed by atoms with Gasteiger partial charge >= 0.3 is 0 Å². The Bertz CT molecular complexity index is 1970. The van der Waals surface area contributed by atoms with Crippen molar-refractivity contribution in [2.45, 2.75) is 389 Å². The number of ether oxygens (including phenoxy) is 4. The molecule has 0 aromatic carbocycles. The molecule has 2 aliphatic heterocycles. The summed E-state index contributed by atoms with van der Waals surface area (Å²) in [5.74, 6) is -0.221. The van der Waals surface area contributed by atoms with Crippen molar-refractivity contribution < 1.29 is 64.6 Å². The summed E-state index contributed by atoms with van der Waals surface area (Å²) in [6, 6.07) is -0.846. The Kier molecular flexibility index (Phi) is 59.6. The molecule has 0 saturated carbocycles. The van der Waals surface area contributed by atoms with Gasteiger partial charge < -0.3 is 65.1 Å². The largest absolute Gasteiger partial charge is 0.394 e. The third-order valence-corrected chi connectivity index (χ3v) is 18.6. The quantitative estimate of drug-likeness (QED) is 0.0204. The first-order chi connectivity index (χ1) is 46.6. The molecule has 0 aliphatic carbocycles. The van der Waals surface area contributed by atoms with Crippen LogP contribution in [-0.2, 0) is 23.7 Å². The van der Waals surface area contributed by atoms with E-state index in [9.17, 15) is 45.6 Å². The maximum absolute atomic E-state index is 13.4. The maximum Gasteiger partial charge on any atom is 0.220 e. The first-order valence-corrected chi connectivity index (χ1v) is 39.0. The highest BCUT2D eigenvalue weighted by atomic mass is 16.7. The third-order valence-electron chi connectivity index (χ3n) is 18.6. The van der Waals surface area contributed by atoms with Crippen LogP contribution in [0.4, 0.5) is 0 Å². The van der Waals surface area contributed by atoms with E-state index in [4.69, 9.17) is 18.9 Å². The average molecular weight is 1340 g/mol. The molecule has 9 N–H and O–H groups in total. The van der Waals surface area contributed by atoms with Crippen LogP contribution >= 0.6 is 0 Å². The number of amides is 1. The van der Waals surface area contributed by atoms with E-state index in [1.807, 2.05) is 0 Å². The monoisotopic (exact) mass is 1340 g/mol. The van der Waals surface area contributed by atoms with E-state index in [1.54, 1.807) is 0 Å². The van der Waals surface area contributed by atoms with Gasteiger partial charge in [-0.25, -0.2) is 0 Å². The number of unbranched alkanes of at least 4 members (excludes halogenated alkanes) is 35. The normalized spacial score (nSPS) is 22.9. The van der Waals surface area contributed by atoms with Gasteiger partial charge in [-0.3, -0.25) is 4.79 Å². The van der Waals surface area contributed by atoms with Crippen LogP contribution in [0.25, 0.3) is 0 Å². The minimum atomic E-state index is -1.79. The number of allylic oxidation sites excluding steroid dienone is 16. The molecule has 12 atom stereocenters. The first-order valence-electron chi connectivity index (χ1n) is 39.0. The summed E-state index contributed by atoms with van der Waals surface area (Å²) in [7, 11) is 0. The summed E-state index contributed by atoms with van der Waals surface area (Å²) in [6.45, 7) is 2.77. The van der Waals surface area contributed by atoms with Gasteiger partial charge in [0.05, 0.1) is 32.0 Å². The van der Waals surface area contributed by atoms with Gasteiger partial charge in [0.15, 0.2) is 12.6 Å². The van der Waals surface area contributed by atoms with Crippen LogP contribution in [0, 0.1) is 0 Å². The molecular formula is C81H143NO13. The van der Waals surface area contributed by atoms with Gasteiger partial charge in [0.1, 0.15) is 48.8 Å². The minimum absolute atomic E-state index is 0.221. The van der Waals surface area contributed by atoms with Crippen LogP contribution in [0.1, 0.15) is 316 Å². The summed E-state index contributed by atoms with van der Waals surface area (Å²) in [5, 5.41) is 87.8. The fraction of sp³-hybridized carbons (Fsp3) is 0.790. The zero-order valence-electron chi connectivity index (χ0n) is 60.1. The van der Waals surface area contributed by atoms with Crippen molar-refractivity contribution in [1.29, 1.82) is 0 Å². The summed E-state index contributed by atoms with van der Waals surface area (Å²) < 4.78 is 23.0. The molecule has 14 nitrogen and oxygen atoms in total. The molecule has 2 heterocycles. The van der Waals surface area contributed by atoms with Gasteiger partial charge in [-0.15, -0.1) is 0 Å². The lowest BCUT2D eigenvalue weighted by Gasteiger charge is -2.46. The van der Waals surface area contributed by atoms with Gasteiger partial charge in [0, 0.05) is 6.42 Å². The lowest BCUT2D eigenvalue weighted by Crippen LogP contribution is -2.65. The van der Waals surface area contributed by atoms with Crippen molar-refractivity contribution in [2.75, 3.05) is 19.8 Å². The third kappa shape index (κ3) is 47.6. The van der Waals surface area contributed by atoms with E-state index >= 15 is 0 Å². The van der Waals surface area contributed by atoms with Crippen molar-refractivity contribution >= 4 is 5.91 Å².